The van der Waals surface area contributed by atoms with Gasteiger partial charge in [-0.3, -0.25) is 0 Å². The second-order valence-corrected chi connectivity index (χ2v) is 5.06. The van der Waals surface area contributed by atoms with Gasteiger partial charge in [0.05, 0.1) is 12.2 Å². The van der Waals surface area contributed by atoms with Crippen molar-refractivity contribution in [3.05, 3.63) is 35.4 Å². The fourth-order valence-electron chi connectivity index (χ4n) is 2.65. The molecule has 0 aliphatic carbocycles. The summed E-state index contributed by atoms with van der Waals surface area (Å²) in [4.78, 5) is 13.3. The Bertz CT molecular complexity index is 416. The van der Waals surface area contributed by atoms with Crippen LogP contribution in [-0.4, -0.2) is 49.3 Å². The van der Waals surface area contributed by atoms with Crippen molar-refractivity contribution in [1.29, 1.82) is 0 Å². The largest absolute Gasteiger partial charge is 0.478 e. The van der Waals surface area contributed by atoms with Crippen LogP contribution in [0.25, 0.3) is 0 Å². The topological polar surface area (TPSA) is 49.8 Å². The van der Waals surface area contributed by atoms with Crippen LogP contribution in [0.2, 0.25) is 0 Å². The smallest absolute Gasteiger partial charge is 0.335 e. The highest BCUT2D eigenvalue weighted by molar-refractivity contribution is 5.87. The van der Waals surface area contributed by atoms with Gasteiger partial charge in [-0.2, -0.15) is 0 Å². The average Bonchev–Trinajstić information content (AvgIpc) is 2.45. The Morgan fingerprint density at radius 2 is 2.16 bits per heavy atom. The second kappa shape index (κ2) is 6.68. The molecule has 1 atom stereocenters. The minimum atomic E-state index is -0.864. The molecule has 0 radical (unpaired) electrons. The molecule has 19 heavy (non-hydrogen) atoms. The third-order valence-corrected chi connectivity index (χ3v) is 3.75. The van der Waals surface area contributed by atoms with Crippen molar-refractivity contribution >= 4 is 5.97 Å². The van der Waals surface area contributed by atoms with Crippen molar-refractivity contribution in [2.45, 2.75) is 18.8 Å². The van der Waals surface area contributed by atoms with Gasteiger partial charge in [0.1, 0.15) is 0 Å². The van der Waals surface area contributed by atoms with Gasteiger partial charge in [-0.1, -0.05) is 12.1 Å². The van der Waals surface area contributed by atoms with Gasteiger partial charge in [0.25, 0.3) is 0 Å². The number of piperidine rings is 1. The molecule has 0 bridgehead atoms. The summed E-state index contributed by atoms with van der Waals surface area (Å²) in [5, 5.41) is 8.90. The van der Waals surface area contributed by atoms with E-state index in [1.165, 1.54) is 18.4 Å². The van der Waals surface area contributed by atoms with Crippen molar-refractivity contribution in [2.24, 2.45) is 0 Å². The lowest BCUT2D eigenvalue weighted by Crippen LogP contribution is -2.36. The fourth-order valence-corrected chi connectivity index (χ4v) is 2.65. The van der Waals surface area contributed by atoms with E-state index in [9.17, 15) is 4.79 Å². The number of nitrogens with zero attached hydrogens (tertiary/aromatic N) is 1. The second-order valence-electron chi connectivity index (χ2n) is 5.06. The van der Waals surface area contributed by atoms with Gasteiger partial charge >= 0.3 is 5.97 Å². The molecule has 1 fully saturated rings. The molecule has 4 heteroatoms. The number of carbonyl (C=O) groups is 1. The SMILES string of the molecule is COCCN1CCCC(c2ccc(C(=O)O)cc2)C1. The van der Waals surface area contributed by atoms with Crippen LogP contribution < -0.4 is 0 Å². The van der Waals surface area contributed by atoms with E-state index in [1.54, 1.807) is 19.2 Å². The van der Waals surface area contributed by atoms with Crippen LogP contribution in [0, 0.1) is 0 Å². The summed E-state index contributed by atoms with van der Waals surface area (Å²) in [6.07, 6.45) is 2.37. The summed E-state index contributed by atoms with van der Waals surface area (Å²) in [6, 6.07) is 7.30. The lowest BCUT2D eigenvalue weighted by molar-refractivity contribution is 0.0697. The van der Waals surface area contributed by atoms with Crippen LogP contribution in [0.4, 0.5) is 0 Å². The summed E-state index contributed by atoms with van der Waals surface area (Å²) >= 11 is 0. The summed E-state index contributed by atoms with van der Waals surface area (Å²) in [5.41, 5.74) is 1.60. The van der Waals surface area contributed by atoms with E-state index in [-0.39, 0.29) is 0 Å². The van der Waals surface area contributed by atoms with Crippen molar-refractivity contribution in [3.63, 3.8) is 0 Å². The first-order valence-electron chi connectivity index (χ1n) is 6.75. The van der Waals surface area contributed by atoms with Crippen molar-refractivity contribution in [1.82, 2.24) is 4.90 Å². The van der Waals surface area contributed by atoms with E-state index in [0.717, 1.165) is 26.2 Å². The maximum Gasteiger partial charge on any atom is 0.335 e. The normalized spacial score (nSPS) is 20.4. The lowest BCUT2D eigenvalue weighted by Gasteiger charge is -2.32. The van der Waals surface area contributed by atoms with E-state index in [1.807, 2.05) is 12.1 Å². The molecule has 1 aromatic rings. The first kappa shape index (κ1) is 14.0. The number of hydrogen-bond donors (Lipinski definition) is 1. The molecular formula is C15H21NO3. The number of benzene rings is 1. The van der Waals surface area contributed by atoms with Crippen molar-refractivity contribution in [3.8, 4) is 0 Å². The molecule has 1 N–H and O–H groups in total. The van der Waals surface area contributed by atoms with Crippen molar-refractivity contribution in [2.75, 3.05) is 33.4 Å². The zero-order chi connectivity index (χ0) is 13.7. The Labute approximate surface area is 114 Å². The molecule has 1 heterocycles. The highest BCUT2D eigenvalue weighted by Gasteiger charge is 2.21. The molecule has 0 amide bonds. The Hall–Kier alpha value is -1.39. The van der Waals surface area contributed by atoms with E-state index in [4.69, 9.17) is 9.84 Å². The summed E-state index contributed by atoms with van der Waals surface area (Å²) < 4.78 is 5.12. The number of aromatic carboxylic acids is 1. The van der Waals surface area contributed by atoms with E-state index >= 15 is 0 Å². The fraction of sp³-hybridized carbons (Fsp3) is 0.533. The zero-order valence-corrected chi connectivity index (χ0v) is 11.3. The first-order valence-corrected chi connectivity index (χ1v) is 6.75. The minimum Gasteiger partial charge on any atom is -0.478 e. The minimum absolute atomic E-state index is 0.357. The molecule has 1 aliphatic rings. The molecule has 2 rings (SSSR count). The summed E-state index contributed by atoms with van der Waals surface area (Å²) in [7, 11) is 1.73. The Morgan fingerprint density at radius 1 is 1.42 bits per heavy atom. The number of carboxylic acids is 1. The molecule has 1 unspecified atom stereocenters. The van der Waals surface area contributed by atoms with Crippen LogP contribution in [0.3, 0.4) is 0 Å². The highest BCUT2D eigenvalue weighted by Crippen LogP contribution is 2.26. The van der Waals surface area contributed by atoms with Crippen LogP contribution in [-0.2, 0) is 4.74 Å². The van der Waals surface area contributed by atoms with Crippen LogP contribution >= 0.6 is 0 Å². The molecule has 104 valence electrons. The van der Waals surface area contributed by atoms with E-state index in [2.05, 4.69) is 4.90 Å². The average molecular weight is 263 g/mol. The van der Waals surface area contributed by atoms with Crippen molar-refractivity contribution < 1.29 is 14.6 Å². The Balaban J connectivity index is 1.98. The number of ether oxygens (including phenoxy) is 1. The van der Waals surface area contributed by atoms with Gasteiger partial charge in [0.15, 0.2) is 0 Å². The molecule has 1 saturated heterocycles. The summed E-state index contributed by atoms with van der Waals surface area (Å²) in [5.74, 6) is -0.356. The van der Waals surface area contributed by atoms with Gasteiger partial charge in [0.2, 0.25) is 0 Å². The summed E-state index contributed by atoms with van der Waals surface area (Å²) in [6.45, 7) is 3.91. The molecule has 0 spiro atoms. The Kier molecular flexibility index (Phi) is 4.93. The van der Waals surface area contributed by atoms with Crippen LogP contribution in [0.1, 0.15) is 34.7 Å². The Morgan fingerprint density at radius 3 is 2.79 bits per heavy atom. The number of likely N-dealkylation sites (tertiary alicyclic amines) is 1. The number of carboxylic acid groups (broad SMARTS) is 1. The third kappa shape index (κ3) is 3.78. The third-order valence-electron chi connectivity index (χ3n) is 3.75. The maximum atomic E-state index is 10.8. The van der Waals surface area contributed by atoms with Gasteiger partial charge in [-0.15, -0.1) is 0 Å². The van der Waals surface area contributed by atoms with E-state index < -0.39 is 5.97 Å². The molecule has 1 aromatic carbocycles. The number of hydrogen-bond acceptors (Lipinski definition) is 3. The molecular weight excluding hydrogens is 242 g/mol. The first-order chi connectivity index (χ1) is 9.20. The quantitative estimate of drug-likeness (QED) is 0.885. The predicted molar refractivity (Wildman–Crippen MR) is 73.7 cm³/mol. The monoisotopic (exact) mass is 263 g/mol. The van der Waals surface area contributed by atoms with Gasteiger partial charge in [0, 0.05) is 20.2 Å². The maximum absolute atomic E-state index is 10.8. The molecule has 0 saturated carbocycles. The number of methoxy groups -OCH3 is 1. The standard InChI is InChI=1S/C15H21NO3/c1-19-10-9-16-8-2-3-14(11-16)12-4-6-13(7-5-12)15(17)18/h4-7,14H,2-3,8-11H2,1H3,(H,17,18). The van der Waals surface area contributed by atoms with Gasteiger partial charge in [-0.05, 0) is 43.0 Å². The number of rotatable bonds is 5. The highest BCUT2D eigenvalue weighted by atomic mass is 16.5. The molecule has 1 aliphatic heterocycles. The van der Waals surface area contributed by atoms with Crippen LogP contribution in [0.15, 0.2) is 24.3 Å². The predicted octanol–water partition coefficient (Wildman–Crippen LogP) is 2.21. The molecule has 0 aromatic heterocycles. The lowest BCUT2D eigenvalue weighted by atomic mass is 9.90. The molecule has 4 nitrogen and oxygen atoms in total. The van der Waals surface area contributed by atoms with Crippen LogP contribution in [0.5, 0.6) is 0 Å². The zero-order valence-electron chi connectivity index (χ0n) is 11.3. The van der Waals surface area contributed by atoms with E-state index in [0.29, 0.717) is 11.5 Å². The van der Waals surface area contributed by atoms with Gasteiger partial charge < -0.3 is 14.7 Å². The van der Waals surface area contributed by atoms with Gasteiger partial charge in [-0.25, -0.2) is 4.79 Å².